The molecule has 0 aliphatic heterocycles. The van der Waals surface area contributed by atoms with Crippen LogP contribution in [0.15, 0.2) is 48.5 Å². The first-order valence-electron chi connectivity index (χ1n) is 7.06. The smallest absolute Gasteiger partial charge is 0.319 e. The highest BCUT2D eigenvalue weighted by molar-refractivity contribution is 6.30. The highest BCUT2D eigenvalue weighted by Gasteiger charge is 2.09. The molecule has 0 fully saturated rings. The third-order valence-corrected chi connectivity index (χ3v) is 3.28. The first-order chi connectivity index (χ1) is 10.5. The van der Waals surface area contributed by atoms with E-state index in [-0.39, 0.29) is 12.1 Å². The fourth-order valence-electron chi connectivity index (χ4n) is 1.93. The van der Waals surface area contributed by atoms with Crippen LogP contribution in [0.1, 0.15) is 12.5 Å². The molecule has 2 aromatic rings. The first kappa shape index (κ1) is 16.2. The van der Waals surface area contributed by atoms with Crippen molar-refractivity contribution in [3.05, 3.63) is 59.1 Å². The van der Waals surface area contributed by atoms with Gasteiger partial charge in [-0.25, -0.2) is 4.79 Å². The monoisotopic (exact) mass is 318 g/mol. The van der Waals surface area contributed by atoms with Gasteiger partial charge in [0.05, 0.1) is 6.04 Å². The van der Waals surface area contributed by atoms with Crippen molar-refractivity contribution in [3.8, 4) is 5.75 Å². The zero-order chi connectivity index (χ0) is 15.9. The molecule has 2 rings (SSSR count). The number of carbonyl (C=O) groups excluding carboxylic acids is 1. The summed E-state index contributed by atoms with van der Waals surface area (Å²) in [4.78, 5) is 11.9. The largest absolute Gasteiger partial charge is 0.491 e. The van der Waals surface area contributed by atoms with E-state index < -0.39 is 0 Å². The van der Waals surface area contributed by atoms with E-state index in [1.54, 1.807) is 24.3 Å². The number of benzene rings is 2. The third-order valence-electron chi connectivity index (χ3n) is 3.04. The van der Waals surface area contributed by atoms with Gasteiger partial charge in [0.15, 0.2) is 0 Å². The average Bonchev–Trinajstić information content (AvgIpc) is 2.46. The minimum Gasteiger partial charge on any atom is -0.491 e. The van der Waals surface area contributed by atoms with E-state index in [9.17, 15) is 4.79 Å². The molecule has 0 unspecified atom stereocenters. The Morgan fingerprint density at radius 2 is 2.00 bits per heavy atom. The molecule has 0 aromatic heterocycles. The van der Waals surface area contributed by atoms with Gasteiger partial charge in [0.2, 0.25) is 0 Å². The number of ether oxygens (including phenoxy) is 1. The van der Waals surface area contributed by atoms with Gasteiger partial charge in [0.25, 0.3) is 0 Å². The van der Waals surface area contributed by atoms with E-state index in [4.69, 9.17) is 16.3 Å². The average molecular weight is 319 g/mol. The number of nitrogens with one attached hydrogen (secondary N) is 2. The number of halogens is 1. The molecule has 0 heterocycles. The zero-order valence-electron chi connectivity index (χ0n) is 12.6. The van der Waals surface area contributed by atoms with Gasteiger partial charge in [-0.2, -0.15) is 0 Å². The van der Waals surface area contributed by atoms with Crippen molar-refractivity contribution in [2.75, 3.05) is 11.9 Å². The van der Waals surface area contributed by atoms with E-state index in [0.717, 1.165) is 11.3 Å². The van der Waals surface area contributed by atoms with Crippen molar-refractivity contribution in [2.45, 2.75) is 19.9 Å². The fraction of sp³-hybridized carbons (Fsp3) is 0.235. The molecule has 2 N–H and O–H groups in total. The van der Waals surface area contributed by atoms with Crippen LogP contribution in [0.4, 0.5) is 10.5 Å². The van der Waals surface area contributed by atoms with Gasteiger partial charge in [-0.3, -0.25) is 0 Å². The molecule has 2 aromatic carbocycles. The van der Waals surface area contributed by atoms with Crippen LogP contribution in [0.25, 0.3) is 0 Å². The summed E-state index contributed by atoms with van der Waals surface area (Å²) >= 11 is 5.87. The number of rotatable bonds is 5. The lowest BCUT2D eigenvalue weighted by Gasteiger charge is -2.16. The number of amides is 2. The molecule has 0 aliphatic rings. The normalized spacial score (nSPS) is 11.6. The lowest BCUT2D eigenvalue weighted by atomic mass is 10.2. The van der Waals surface area contributed by atoms with Crippen LogP contribution < -0.4 is 15.4 Å². The molecule has 0 bridgehead atoms. The summed E-state index contributed by atoms with van der Waals surface area (Å²) in [5.74, 6) is 0.825. The summed E-state index contributed by atoms with van der Waals surface area (Å²) in [6.45, 7) is 4.27. The molecular formula is C17H19ClN2O2. The maximum atomic E-state index is 11.9. The molecule has 0 saturated heterocycles. The van der Waals surface area contributed by atoms with E-state index >= 15 is 0 Å². The maximum absolute atomic E-state index is 11.9. The van der Waals surface area contributed by atoms with Gasteiger partial charge in [0, 0.05) is 10.7 Å². The quantitative estimate of drug-likeness (QED) is 0.866. The van der Waals surface area contributed by atoms with E-state index in [1.807, 2.05) is 38.1 Å². The highest BCUT2D eigenvalue weighted by Crippen LogP contribution is 2.16. The number of para-hydroxylation sites is 1. The molecule has 4 nitrogen and oxygen atoms in total. The van der Waals surface area contributed by atoms with Crippen LogP contribution in [-0.2, 0) is 0 Å². The minimum absolute atomic E-state index is 0.126. The Kier molecular flexibility index (Phi) is 5.67. The van der Waals surface area contributed by atoms with E-state index in [2.05, 4.69) is 10.6 Å². The second-order valence-electron chi connectivity index (χ2n) is 5.09. The second-order valence-corrected chi connectivity index (χ2v) is 5.52. The van der Waals surface area contributed by atoms with Gasteiger partial charge in [-0.1, -0.05) is 35.9 Å². The summed E-state index contributed by atoms with van der Waals surface area (Å²) < 4.78 is 5.71. The predicted octanol–water partition coefficient (Wildman–Crippen LogP) is 4.24. The minimum atomic E-state index is -0.289. The van der Waals surface area contributed by atoms with Crippen LogP contribution in [0.2, 0.25) is 5.02 Å². The standard InChI is InChI=1S/C17H19ClN2O2/c1-12-6-3-4-9-16(12)22-11-13(2)19-17(21)20-15-8-5-7-14(18)10-15/h3-10,13H,11H2,1-2H3,(H2,19,20,21)/t13-/m1/s1. The highest BCUT2D eigenvalue weighted by atomic mass is 35.5. The Bertz CT molecular complexity index is 646. The predicted molar refractivity (Wildman–Crippen MR) is 89.7 cm³/mol. The SMILES string of the molecule is Cc1ccccc1OC[C@@H](C)NC(=O)Nc1cccc(Cl)c1. The number of hydrogen-bond donors (Lipinski definition) is 2. The summed E-state index contributed by atoms with van der Waals surface area (Å²) in [5, 5.41) is 6.13. The Balaban J connectivity index is 1.80. The lowest BCUT2D eigenvalue weighted by Crippen LogP contribution is -2.39. The van der Waals surface area contributed by atoms with Crippen molar-refractivity contribution >= 4 is 23.3 Å². The molecular weight excluding hydrogens is 300 g/mol. The summed E-state index contributed by atoms with van der Waals surface area (Å²) in [6, 6.07) is 14.4. The number of carbonyl (C=O) groups is 1. The molecule has 0 radical (unpaired) electrons. The Morgan fingerprint density at radius 1 is 1.23 bits per heavy atom. The lowest BCUT2D eigenvalue weighted by molar-refractivity contribution is 0.236. The van der Waals surface area contributed by atoms with Crippen molar-refractivity contribution < 1.29 is 9.53 Å². The number of anilines is 1. The molecule has 2 amide bonds. The summed E-state index contributed by atoms with van der Waals surface area (Å²) in [7, 11) is 0. The van der Waals surface area contributed by atoms with Crippen LogP contribution >= 0.6 is 11.6 Å². The third kappa shape index (κ3) is 4.97. The van der Waals surface area contributed by atoms with Gasteiger partial charge in [-0.05, 0) is 43.7 Å². The van der Waals surface area contributed by atoms with Crippen molar-refractivity contribution in [2.24, 2.45) is 0 Å². The molecule has 0 saturated carbocycles. The molecule has 0 spiro atoms. The van der Waals surface area contributed by atoms with Crippen LogP contribution in [0.5, 0.6) is 5.75 Å². The Labute approximate surface area is 135 Å². The summed E-state index contributed by atoms with van der Waals surface area (Å²) in [6.07, 6.45) is 0. The van der Waals surface area contributed by atoms with Crippen molar-refractivity contribution in [1.29, 1.82) is 0 Å². The fourth-order valence-corrected chi connectivity index (χ4v) is 2.12. The number of aryl methyl sites for hydroxylation is 1. The molecule has 22 heavy (non-hydrogen) atoms. The van der Waals surface area contributed by atoms with E-state index in [0.29, 0.717) is 17.3 Å². The van der Waals surface area contributed by atoms with Gasteiger partial charge in [0.1, 0.15) is 12.4 Å². The summed E-state index contributed by atoms with van der Waals surface area (Å²) in [5.41, 5.74) is 1.72. The molecule has 116 valence electrons. The Hall–Kier alpha value is -2.20. The van der Waals surface area contributed by atoms with Gasteiger partial charge >= 0.3 is 6.03 Å². The number of urea groups is 1. The van der Waals surface area contributed by atoms with Crippen LogP contribution in [0.3, 0.4) is 0 Å². The van der Waals surface area contributed by atoms with Gasteiger partial charge in [-0.15, -0.1) is 0 Å². The number of hydrogen-bond acceptors (Lipinski definition) is 2. The second kappa shape index (κ2) is 7.71. The van der Waals surface area contributed by atoms with Crippen molar-refractivity contribution in [1.82, 2.24) is 5.32 Å². The van der Waals surface area contributed by atoms with Crippen LogP contribution in [-0.4, -0.2) is 18.7 Å². The molecule has 1 atom stereocenters. The Morgan fingerprint density at radius 3 is 2.73 bits per heavy atom. The van der Waals surface area contributed by atoms with Crippen LogP contribution in [0, 0.1) is 6.92 Å². The maximum Gasteiger partial charge on any atom is 0.319 e. The van der Waals surface area contributed by atoms with Gasteiger partial charge < -0.3 is 15.4 Å². The first-order valence-corrected chi connectivity index (χ1v) is 7.44. The molecule has 0 aliphatic carbocycles. The zero-order valence-corrected chi connectivity index (χ0v) is 13.4. The topological polar surface area (TPSA) is 50.4 Å². The molecule has 5 heteroatoms. The van der Waals surface area contributed by atoms with Crippen molar-refractivity contribution in [3.63, 3.8) is 0 Å². The van der Waals surface area contributed by atoms with E-state index in [1.165, 1.54) is 0 Å².